The third-order valence-corrected chi connectivity index (χ3v) is 4.21. The van der Waals surface area contributed by atoms with Crippen molar-refractivity contribution < 1.29 is 19.5 Å². The predicted octanol–water partition coefficient (Wildman–Crippen LogP) is 1.55. The maximum atomic E-state index is 12.4. The Morgan fingerprint density at radius 1 is 1.29 bits per heavy atom. The van der Waals surface area contributed by atoms with E-state index in [1.807, 2.05) is 0 Å². The average molecular weight is 333 g/mol. The molecule has 0 unspecified atom stereocenters. The minimum absolute atomic E-state index is 0.0431. The average Bonchev–Trinajstić information content (AvgIpc) is 2.61. The summed E-state index contributed by atoms with van der Waals surface area (Å²) < 4.78 is 0. The Morgan fingerprint density at radius 3 is 2.54 bits per heavy atom. The van der Waals surface area contributed by atoms with Gasteiger partial charge in [0.1, 0.15) is 5.69 Å². The molecule has 7 heteroatoms. The van der Waals surface area contributed by atoms with Gasteiger partial charge >= 0.3 is 5.97 Å². The number of carbonyl (C=O) groups is 3. The number of carbonyl (C=O) groups excluding carboxylic acids is 2. The van der Waals surface area contributed by atoms with Gasteiger partial charge in [0.05, 0.1) is 5.56 Å². The molecule has 7 nitrogen and oxygen atoms in total. The topological polar surface area (TPSA) is 99.6 Å². The van der Waals surface area contributed by atoms with Crippen molar-refractivity contribution in [1.29, 1.82) is 0 Å². The molecule has 1 fully saturated rings. The number of unbranched alkanes of at least 4 members (excludes halogenated alkanes) is 1. The van der Waals surface area contributed by atoms with E-state index in [0.717, 1.165) is 12.8 Å². The number of rotatable bonds is 6. The summed E-state index contributed by atoms with van der Waals surface area (Å²) in [4.78, 5) is 40.7. The molecule has 0 atom stereocenters. The van der Waals surface area contributed by atoms with Crippen LogP contribution in [0.15, 0.2) is 18.3 Å². The van der Waals surface area contributed by atoms with Gasteiger partial charge in [-0.3, -0.25) is 9.59 Å². The summed E-state index contributed by atoms with van der Waals surface area (Å²) in [6.07, 6.45) is 4.59. The highest BCUT2D eigenvalue weighted by molar-refractivity contribution is 5.95. The van der Waals surface area contributed by atoms with Crippen molar-refractivity contribution in [2.24, 2.45) is 5.92 Å². The lowest BCUT2D eigenvalue weighted by atomic mass is 9.95. The third-order valence-electron chi connectivity index (χ3n) is 4.21. The fourth-order valence-electron chi connectivity index (χ4n) is 2.71. The summed E-state index contributed by atoms with van der Waals surface area (Å²) in [7, 11) is 0. The molecule has 0 aromatic carbocycles. The maximum absolute atomic E-state index is 12.4. The number of carboxylic acid groups (broad SMARTS) is 1. The van der Waals surface area contributed by atoms with Crippen LogP contribution in [0.1, 0.15) is 53.5 Å². The SMILES string of the molecule is CCCCNC(=O)C1CCN(C(=O)c2ccc(C(=O)O)nc2)CC1. The number of hydrogen-bond acceptors (Lipinski definition) is 4. The van der Waals surface area contributed by atoms with Crippen LogP contribution in [0.3, 0.4) is 0 Å². The first-order valence-electron chi connectivity index (χ1n) is 8.29. The number of likely N-dealkylation sites (tertiary alicyclic amines) is 1. The lowest BCUT2D eigenvalue weighted by Crippen LogP contribution is -2.43. The van der Waals surface area contributed by atoms with Crippen LogP contribution in [0.4, 0.5) is 0 Å². The van der Waals surface area contributed by atoms with E-state index in [9.17, 15) is 14.4 Å². The van der Waals surface area contributed by atoms with E-state index >= 15 is 0 Å². The molecule has 0 radical (unpaired) electrons. The molecule has 1 aromatic heterocycles. The second-order valence-corrected chi connectivity index (χ2v) is 5.95. The first-order chi connectivity index (χ1) is 11.5. The summed E-state index contributed by atoms with van der Waals surface area (Å²) in [5.41, 5.74) is 0.278. The Morgan fingerprint density at radius 2 is 2.00 bits per heavy atom. The van der Waals surface area contributed by atoms with Crippen molar-refractivity contribution in [2.75, 3.05) is 19.6 Å². The number of aromatic carboxylic acids is 1. The van der Waals surface area contributed by atoms with E-state index in [1.165, 1.54) is 18.3 Å². The van der Waals surface area contributed by atoms with Crippen LogP contribution in [0.5, 0.6) is 0 Å². The fraction of sp³-hybridized carbons (Fsp3) is 0.529. The zero-order valence-corrected chi connectivity index (χ0v) is 13.8. The summed E-state index contributed by atoms with van der Waals surface area (Å²) in [6.45, 7) is 3.82. The number of piperidine rings is 1. The van der Waals surface area contributed by atoms with Crippen molar-refractivity contribution in [3.63, 3.8) is 0 Å². The van der Waals surface area contributed by atoms with Gasteiger partial charge in [0.25, 0.3) is 5.91 Å². The van der Waals surface area contributed by atoms with Crippen LogP contribution >= 0.6 is 0 Å². The van der Waals surface area contributed by atoms with Crippen molar-refractivity contribution in [2.45, 2.75) is 32.6 Å². The molecular formula is C17H23N3O4. The molecular weight excluding hydrogens is 310 g/mol. The molecule has 24 heavy (non-hydrogen) atoms. The molecule has 2 heterocycles. The van der Waals surface area contributed by atoms with Crippen LogP contribution in [-0.4, -0.2) is 52.4 Å². The molecule has 1 aromatic rings. The van der Waals surface area contributed by atoms with Crippen molar-refractivity contribution in [3.05, 3.63) is 29.6 Å². The standard InChI is InChI=1S/C17H23N3O4/c1-2-3-8-18-15(21)12-6-9-20(10-7-12)16(22)13-4-5-14(17(23)24)19-11-13/h4-5,11-12H,2-3,6-10H2,1H3,(H,18,21)(H,23,24). The van der Waals surface area contributed by atoms with E-state index in [-0.39, 0.29) is 23.4 Å². The van der Waals surface area contributed by atoms with Gasteiger partial charge in [0.2, 0.25) is 5.91 Å². The highest BCUT2D eigenvalue weighted by Crippen LogP contribution is 2.19. The monoisotopic (exact) mass is 333 g/mol. The second-order valence-electron chi connectivity index (χ2n) is 5.95. The highest BCUT2D eigenvalue weighted by atomic mass is 16.4. The van der Waals surface area contributed by atoms with Crippen LogP contribution in [-0.2, 0) is 4.79 Å². The number of nitrogens with one attached hydrogen (secondary N) is 1. The predicted molar refractivity (Wildman–Crippen MR) is 87.7 cm³/mol. The van der Waals surface area contributed by atoms with Crippen molar-refractivity contribution in [1.82, 2.24) is 15.2 Å². The summed E-state index contributed by atoms with van der Waals surface area (Å²) in [5.74, 6) is -1.27. The smallest absolute Gasteiger partial charge is 0.354 e. The van der Waals surface area contributed by atoms with E-state index in [4.69, 9.17) is 5.11 Å². The number of carboxylic acids is 1. The maximum Gasteiger partial charge on any atom is 0.354 e. The normalized spacial score (nSPS) is 15.1. The number of hydrogen-bond donors (Lipinski definition) is 2. The number of pyridine rings is 1. The first-order valence-corrected chi connectivity index (χ1v) is 8.29. The second kappa shape index (κ2) is 8.42. The summed E-state index contributed by atoms with van der Waals surface area (Å²) in [6, 6.07) is 2.80. The van der Waals surface area contributed by atoms with Gasteiger partial charge in [-0.05, 0) is 31.4 Å². The highest BCUT2D eigenvalue weighted by Gasteiger charge is 2.27. The van der Waals surface area contributed by atoms with Gasteiger partial charge in [-0.25, -0.2) is 9.78 Å². The molecule has 0 bridgehead atoms. The summed E-state index contributed by atoms with van der Waals surface area (Å²) in [5, 5.41) is 11.8. The third kappa shape index (κ3) is 4.53. The molecule has 130 valence electrons. The molecule has 0 spiro atoms. The quantitative estimate of drug-likeness (QED) is 0.769. The molecule has 0 aliphatic carbocycles. The molecule has 1 aliphatic rings. The van der Waals surface area contributed by atoms with Crippen LogP contribution in [0, 0.1) is 5.92 Å². The molecule has 2 rings (SSSR count). The lowest BCUT2D eigenvalue weighted by Gasteiger charge is -2.31. The van der Waals surface area contributed by atoms with Gasteiger partial charge in [0, 0.05) is 31.7 Å². The van der Waals surface area contributed by atoms with E-state index in [1.54, 1.807) is 4.90 Å². The number of nitrogens with zero attached hydrogens (tertiary/aromatic N) is 2. The zero-order valence-electron chi connectivity index (χ0n) is 13.8. The molecule has 2 amide bonds. The Balaban J connectivity index is 1.86. The largest absolute Gasteiger partial charge is 0.477 e. The fourth-order valence-corrected chi connectivity index (χ4v) is 2.71. The van der Waals surface area contributed by atoms with Gasteiger partial charge in [-0.2, -0.15) is 0 Å². The number of amides is 2. The Hall–Kier alpha value is -2.44. The summed E-state index contributed by atoms with van der Waals surface area (Å²) >= 11 is 0. The Kier molecular flexibility index (Phi) is 6.28. The Bertz CT molecular complexity index is 592. The molecule has 2 N–H and O–H groups in total. The van der Waals surface area contributed by atoms with Crippen LogP contribution in [0.25, 0.3) is 0 Å². The van der Waals surface area contributed by atoms with Crippen LogP contribution in [0.2, 0.25) is 0 Å². The van der Waals surface area contributed by atoms with Crippen molar-refractivity contribution in [3.8, 4) is 0 Å². The van der Waals surface area contributed by atoms with E-state index in [2.05, 4.69) is 17.2 Å². The lowest BCUT2D eigenvalue weighted by molar-refractivity contribution is -0.126. The van der Waals surface area contributed by atoms with Crippen LogP contribution < -0.4 is 5.32 Å². The minimum atomic E-state index is -1.12. The van der Waals surface area contributed by atoms with Gasteiger partial charge in [0.15, 0.2) is 0 Å². The van der Waals surface area contributed by atoms with Gasteiger partial charge in [-0.1, -0.05) is 13.3 Å². The zero-order chi connectivity index (χ0) is 17.5. The first kappa shape index (κ1) is 17.9. The number of aromatic nitrogens is 1. The molecule has 1 saturated heterocycles. The minimum Gasteiger partial charge on any atom is -0.477 e. The Labute approximate surface area is 141 Å². The molecule has 0 saturated carbocycles. The van der Waals surface area contributed by atoms with Gasteiger partial charge < -0.3 is 15.3 Å². The van der Waals surface area contributed by atoms with Gasteiger partial charge in [-0.15, -0.1) is 0 Å². The van der Waals surface area contributed by atoms with E-state index < -0.39 is 5.97 Å². The van der Waals surface area contributed by atoms with Crippen molar-refractivity contribution >= 4 is 17.8 Å². The molecule has 1 aliphatic heterocycles. The van der Waals surface area contributed by atoms with E-state index in [0.29, 0.717) is 38.0 Å².